The van der Waals surface area contributed by atoms with Crippen molar-refractivity contribution in [2.75, 3.05) is 42.9 Å². The first-order valence-corrected chi connectivity index (χ1v) is 9.71. The third-order valence-electron chi connectivity index (χ3n) is 5.02. The van der Waals surface area contributed by atoms with Gasteiger partial charge in [-0.25, -0.2) is 9.97 Å². The summed E-state index contributed by atoms with van der Waals surface area (Å²) >= 11 is 5.88. The van der Waals surface area contributed by atoms with Crippen LogP contribution in [0.4, 0.5) is 11.5 Å². The van der Waals surface area contributed by atoms with Crippen LogP contribution in [0, 0.1) is 6.92 Å². The standard InChI is InChI=1S/C21H22ClN5O/c1-15-3-2-4-18-20(15)21(24-14-23-18)27-11-9-26(10-12-27)13-19(28)25-17-7-5-16(22)6-8-17/h2-8,14H,9-13H2,1H3,(H,25,28). The van der Waals surface area contributed by atoms with Crippen LogP contribution in [0.5, 0.6) is 0 Å². The number of nitrogens with zero attached hydrogens (tertiary/aromatic N) is 4. The maximum atomic E-state index is 12.3. The van der Waals surface area contributed by atoms with Gasteiger partial charge in [0.1, 0.15) is 12.1 Å². The van der Waals surface area contributed by atoms with E-state index in [0.29, 0.717) is 11.6 Å². The Balaban J connectivity index is 1.37. The molecule has 1 amide bonds. The Labute approximate surface area is 169 Å². The van der Waals surface area contributed by atoms with Crippen molar-refractivity contribution in [3.63, 3.8) is 0 Å². The molecule has 2 aromatic carbocycles. The van der Waals surface area contributed by atoms with Gasteiger partial charge in [0.05, 0.1) is 12.1 Å². The summed E-state index contributed by atoms with van der Waals surface area (Å²) in [6.45, 7) is 5.74. The van der Waals surface area contributed by atoms with Crippen LogP contribution < -0.4 is 10.2 Å². The highest BCUT2D eigenvalue weighted by Crippen LogP contribution is 2.26. The van der Waals surface area contributed by atoms with Gasteiger partial charge in [-0.15, -0.1) is 0 Å². The van der Waals surface area contributed by atoms with Crippen LogP contribution in [-0.2, 0) is 4.79 Å². The minimum absolute atomic E-state index is 0.0147. The molecule has 1 N–H and O–H groups in total. The maximum absolute atomic E-state index is 12.3. The lowest BCUT2D eigenvalue weighted by molar-refractivity contribution is -0.117. The van der Waals surface area contributed by atoms with Crippen molar-refractivity contribution in [1.29, 1.82) is 0 Å². The molecule has 4 rings (SSSR count). The number of carbonyl (C=O) groups is 1. The van der Waals surface area contributed by atoms with E-state index in [-0.39, 0.29) is 5.91 Å². The summed E-state index contributed by atoms with van der Waals surface area (Å²) < 4.78 is 0. The summed E-state index contributed by atoms with van der Waals surface area (Å²) in [5.41, 5.74) is 2.91. The summed E-state index contributed by atoms with van der Waals surface area (Å²) in [6.07, 6.45) is 1.63. The van der Waals surface area contributed by atoms with Crippen molar-refractivity contribution in [2.45, 2.75) is 6.92 Å². The summed E-state index contributed by atoms with van der Waals surface area (Å²) in [5, 5.41) is 4.68. The van der Waals surface area contributed by atoms with Gasteiger partial charge in [0.2, 0.25) is 5.91 Å². The molecule has 1 aliphatic rings. The van der Waals surface area contributed by atoms with Gasteiger partial charge in [-0.2, -0.15) is 0 Å². The van der Waals surface area contributed by atoms with Crippen LogP contribution in [0.2, 0.25) is 5.02 Å². The SMILES string of the molecule is Cc1cccc2ncnc(N3CCN(CC(=O)Nc4ccc(Cl)cc4)CC3)c12. The van der Waals surface area contributed by atoms with E-state index in [2.05, 4.69) is 38.1 Å². The summed E-state index contributed by atoms with van der Waals surface area (Å²) in [4.78, 5) is 25.7. The molecule has 0 bridgehead atoms. The van der Waals surface area contributed by atoms with Crippen LogP contribution in [0.1, 0.15) is 5.56 Å². The second-order valence-corrected chi connectivity index (χ2v) is 7.42. The van der Waals surface area contributed by atoms with Gasteiger partial charge >= 0.3 is 0 Å². The topological polar surface area (TPSA) is 61.4 Å². The Hall–Kier alpha value is -2.70. The zero-order valence-corrected chi connectivity index (χ0v) is 16.5. The number of anilines is 2. The number of hydrogen-bond acceptors (Lipinski definition) is 5. The van der Waals surface area contributed by atoms with Crippen molar-refractivity contribution in [3.8, 4) is 0 Å². The number of halogens is 1. The molecule has 0 aliphatic carbocycles. The largest absolute Gasteiger partial charge is 0.353 e. The average molecular weight is 396 g/mol. The molecular formula is C21H22ClN5O. The Morgan fingerprint density at radius 1 is 1.07 bits per heavy atom. The van der Waals surface area contributed by atoms with E-state index in [9.17, 15) is 4.79 Å². The predicted octanol–water partition coefficient (Wildman–Crippen LogP) is 3.35. The smallest absolute Gasteiger partial charge is 0.238 e. The molecule has 28 heavy (non-hydrogen) atoms. The van der Waals surface area contributed by atoms with Crippen molar-refractivity contribution in [3.05, 3.63) is 59.4 Å². The second kappa shape index (κ2) is 8.12. The lowest BCUT2D eigenvalue weighted by atomic mass is 10.1. The first kappa shape index (κ1) is 18.7. The van der Waals surface area contributed by atoms with E-state index >= 15 is 0 Å². The first-order valence-electron chi connectivity index (χ1n) is 9.33. The zero-order valence-electron chi connectivity index (χ0n) is 15.7. The van der Waals surface area contributed by atoms with Crippen molar-refractivity contribution in [1.82, 2.24) is 14.9 Å². The maximum Gasteiger partial charge on any atom is 0.238 e. The number of rotatable bonds is 4. The molecule has 0 spiro atoms. The van der Waals surface area contributed by atoms with Gasteiger partial charge in [0.15, 0.2) is 0 Å². The fraction of sp³-hybridized carbons (Fsp3) is 0.286. The van der Waals surface area contributed by atoms with Crippen LogP contribution in [-0.4, -0.2) is 53.5 Å². The van der Waals surface area contributed by atoms with Crippen LogP contribution in [0.25, 0.3) is 10.9 Å². The Morgan fingerprint density at radius 3 is 2.57 bits per heavy atom. The van der Waals surface area contributed by atoms with Gasteiger partial charge in [-0.3, -0.25) is 9.69 Å². The fourth-order valence-electron chi connectivity index (χ4n) is 3.56. The molecule has 1 fully saturated rings. The molecule has 6 nitrogen and oxygen atoms in total. The summed E-state index contributed by atoms with van der Waals surface area (Å²) in [7, 11) is 0. The van der Waals surface area contributed by atoms with Crippen molar-refractivity contribution < 1.29 is 4.79 Å². The third-order valence-corrected chi connectivity index (χ3v) is 5.27. The molecule has 3 aromatic rings. The quantitative estimate of drug-likeness (QED) is 0.734. The molecule has 1 aromatic heterocycles. The minimum atomic E-state index is -0.0147. The number of hydrogen-bond donors (Lipinski definition) is 1. The van der Waals surface area contributed by atoms with Crippen molar-refractivity contribution >= 4 is 39.9 Å². The molecule has 0 unspecified atom stereocenters. The Kier molecular flexibility index (Phi) is 5.41. The van der Waals surface area contributed by atoms with Crippen LogP contribution in [0.3, 0.4) is 0 Å². The molecule has 1 aliphatic heterocycles. The van der Waals surface area contributed by atoms with Crippen LogP contribution >= 0.6 is 11.6 Å². The molecule has 0 saturated carbocycles. The Bertz CT molecular complexity index is 979. The number of benzene rings is 2. The zero-order chi connectivity index (χ0) is 19.5. The monoisotopic (exact) mass is 395 g/mol. The number of amides is 1. The number of aryl methyl sites for hydroxylation is 1. The molecule has 7 heteroatoms. The van der Waals surface area contributed by atoms with Crippen LogP contribution in [0.15, 0.2) is 48.8 Å². The lowest BCUT2D eigenvalue weighted by Crippen LogP contribution is -2.49. The summed E-state index contributed by atoms with van der Waals surface area (Å²) in [6, 6.07) is 13.3. The summed E-state index contributed by atoms with van der Waals surface area (Å²) in [5.74, 6) is 0.965. The molecular weight excluding hydrogens is 374 g/mol. The van der Waals surface area contributed by atoms with Crippen molar-refractivity contribution in [2.24, 2.45) is 0 Å². The second-order valence-electron chi connectivity index (χ2n) is 6.98. The minimum Gasteiger partial charge on any atom is -0.353 e. The molecule has 1 saturated heterocycles. The first-order chi connectivity index (χ1) is 13.6. The van der Waals surface area contributed by atoms with E-state index < -0.39 is 0 Å². The van der Waals surface area contributed by atoms with Gasteiger partial charge in [0.25, 0.3) is 0 Å². The Morgan fingerprint density at radius 2 is 1.82 bits per heavy atom. The van der Waals surface area contributed by atoms with Gasteiger partial charge in [-0.1, -0.05) is 23.7 Å². The average Bonchev–Trinajstić information content (AvgIpc) is 2.70. The number of piperazine rings is 1. The molecule has 0 radical (unpaired) electrons. The molecule has 144 valence electrons. The third kappa shape index (κ3) is 4.08. The highest BCUT2D eigenvalue weighted by Gasteiger charge is 2.22. The van der Waals surface area contributed by atoms with E-state index in [1.54, 1.807) is 30.6 Å². The molecule has 0 atom stereocenters. The van der Waals surface area contributed by atoms with E-state index in [0.717, 1.165) is 48.6 Å². The lowest BCUT2D eigenvalue weighted by Gasteiger charge is -2.35. The van der Waals surface area contributed by atoms with Gasteiger partial charge in [0, 0.05) is 42.3 Å². The highest BCUT2D eigenvalue weighted by atomic mass is 35.5. The fourth-order valence-corrected chi connectivity index (χ4v) is 3.68. The number of aromatic nitrogens is 2. The number of carbonyl (C=O) groups excluding carboxylic acids is 1. The van der Waals surface area contributed by atoms with Gasteiger partial charge < -0.3 is 10.2 Å². The number of nitrogens with one attached hydrogen (secondary N) is 1. The number of fused-ring (bicyclic) bond motifs is 1. The predicted molar refractivity (Wildman–Crippen MR) is 113 cm³/mol. The molecule has 2 heterocycles. The van der Waals surface area contributed by atoms with E-state index in [1.165, 1.54) is 5.56 Å². The van der Waals surface area contributed by atoms with Gasteiger partial charge in [-0.05, 0) is 42.8 Å². The van der Waals surface area contributed by atoms with E-state index in [1.807, 2.05) is 12.1 Å². The normalized spacial score (nSPS) is 15.0. The van der Waals surface area contributed by atoms with E-state index in [4.69, 9.17) is 11.6 Å². The highest BCUT2D eigenvalue weighted by molar-refractivity contribution is 6.30.